The molecule has 2 N–H and O–H groups in total. The molecule has 0 radical (unpaired) electrons. The van der Waals surface area contributed by atoms with Gasteiger partial charge in [0.15, 0.2) is 11.8 Å². The number of hydrogen-bond acceptors (Lipinski definition) is 6. The smallest absolute Gasteiger partial charge is 0.192 e. The van der Waals surface area contributed by atoms with Crippen molar-refractivity contribution in [2.24, 2.45) is 12.0 Å². The van der Waals surface area contributed by atoms with E-state index in [1.807, 2.05) is 30.7 Å². The lowest BCUT2D eigenvalue weighted by Gasteiger charge is -2.47. The van der Waals surface area contributed by atoms with Crippen molar-refractivity contribution >= 4 is 29.9 Å². The van der Waals surface area contributed by atoms with Gasteiger partial charge in [0, 0.05) is 64.3 Å². The second-order valence-electron chi connectivity index (χ2n) is 8.63. The number of nitrogens with one attached hydrogen (secondary N) is 2. The van der Waals surface area contributed by atoms with Gasteiger partial charge in [0.05, 0.1) is 12.6 Å². The molecule has 10 heteroatoms. The van der Waals surface area contributed by atoms with Crippen LogP contribution in [0.25, 0.3) is 0 Å². The minimum absolute atomic E-state index is 0. The van der Waals surface area contributed by atoms with Gasteiger partial charge in [-0.1, -0.05) is 18.2 Å². The zero-order chi connectivity index (χ0) is 21.2. The van der Waals surface area contributed by atoms with Crippen LogP contribution < -0.4 is 15.4 Å². The normalized spacial score (nSPS) is 26.6. The van der Waals surface area contributed by atoms with Gasteiger partial charge in [0.25, 0.3) is 0 Å². The first-order valence-corrected chi connectivity index (χ1v) is 11.3. The second kappa shape index (κ2) is 10.3. The fraction of sp³-hybridized carbons (Fsp3) is 0.591. The summed E-state index contributed by atoms with van der Waals surface area (Å²) in [5.41, 5.74) is 1.18. The third-order valence-corrected chi connectivity index (χ3v) is 6.73. The monoisotopic (exact) mass is 552 g/mol. The van der Waals surface area contributed by atoms with E-state index in [-0.39, 0.29) is 30.0 Å². The molecule has 1 aromatic carbocycles. The molecule has 4 aliphatic heterocycles. The number of nitrogens with zero attached hydrogens (tertiary/aromatic N) is 6. The van der Waals surface area contributed by atoms with Crippen LogP contribution in [-0.4, -0.2) is 82.4 Å². The maximum absolute atomic E-state index is 5.84. The summed E-state index contributed by atoms with van der Waals surface area (Å²) in [5.74, 6) is 3.53. The van der Waals surface area contributed by atoms with Gasteiger partial charge < -0.3 is 19.9 Å². The van der Waals surface area contributed by atoms with Crippen LogP contribution in [0.4, 0.5) is 0 Å². The molecule has 4 aliphatic rings. The fourth-order valence-electron chi connectivity index (χ4n) is 4.68. The van der Waals surface area contributed by atoms with Gasteiger partial charge in [-0.3, -0.25) is 9.80 Å². The number of hydrogen-bond donors (Lipinski definition) is 2. The Balaban J connectivity index is 0.00000245. The highest BCUT2D eigenvalue weighted by molar-refractivity contribution is 14.0. The third kappa shape index (κ3) is 5.01. The minimum Gasteiger partial charge on any atom is -0.493 e. The number of aliphatic imine (C=N–C) groups is 1. The van der Waals surface area contributed by atoms with Gasteiger partial charge in [-0.25, -0.2) is 4.99 Å². The van der Waals surface area contributed by atoms with Crippen molar-refractivity contribution in [3.63, 3.8) is 0 Å². The number of aromatic nitrogens is 3. The Kier molecular flexibility index (Phi) is 7.51. The first-order chi connectivity index (χ1) is 15.2. The van der Waals surface area contributed by atoms with Crippen LogP contribution in [-0.2, 0) is 13.6 Å². The Morgan fingerprint density at radius 1 is 1.19 bits per heavy atom. The Bertz CT molecular complexity index is 940. The van der Waals surface area contributed by atoms with Gasteiger partial charge in [0.2, 0.25) is 0 Å². The summed E-state index contributed by atoms with van der Waals surface area (Å²) in [6, 6.07) is 8.95. The molecule has 2 atom stereocenters. The van der Waals surface area contributed by atoms with Crippen molar-refractivity contribution in [1.82, 2.24) is 35.2 Å². The number of halogens is 1. The molecule has 3 fully saturated rings. The van der Waals surface area contributed by atoms with Gasteiger partial charge in [0.1, 0.15) is 18.1 Å². The van der Waals surface area contributed by atoms with Crippen LogP contribution >= 0.6 is 24.0 Å². The third-order valence-electron chi connectivity index (χ3n) is 6.73. The van der Waals surface area contributed by atoms with E-state index >= 15 is 0 Å². The standard InChI is InChI=1S/C22H32N8O.HI/c1-16-26-27-21(28(16)2)14-24-22(23-13-17-15-29-8-10-30(17)11-9-29)25-19-7-12-31-20-6-4-3-5-18(19)20;/h3-6,17,19H,7-15H2,1-2H3,(H2,23,24,25);1H. The Labute approximate surface area is 206 Å². The average Bonchev–Trinajstić information content (AvgIpc) is 3.14. The number of fused-ring (bicyclic) bond motifs is 4. The Morgan fingerprint density at radius 3 is 2.72 bits per heavy atom. The second-order valence-corrected chi connectivity index (χ2v) is 8.63. The van der Waals surface area contributed by atoms with Crippen LogP contribution in [0.15, 0.2) is 29.3 Å². The highest BCUT2D eigenvalue weighted by atomic mass is 127. The molecule has 0 aliphatic carbocycles. The van der Waals surface area contributed by atoms with Crippen LogP contribution in [0.1, 0.15) is 29.7 Å². The average molecular weight is 552 g/mol. The lowest BCUT2D eigenvalue weighted by Crippen LogP contribution is -2.64. The topological polar surface area (TPSA) is 82.8 Å². The minimum atomic E-state index is 0. The molecule has 1 aromatic heterocycles. The highest BCUT2D eigenvalue weighted by Gasteiger charge is 2.32. The van der Waals surface area contributed by atoms with Crippen LogP contribution in [0, 0.1) is 6.92 Å². The molecule has 6 rings (SSSR count). The molecular weight excluding hydrogens is 519 g/mol. The summed E-state index contributed by atoms with van der Waals surface area (Å²) in [6.07, 6.45) is 0.907. The first-order valence-electron chi connectivity index (χ1n) is 11.3. The van der Waals surface area contributed by atoms with Gasteiger partial charge in [-0.2, -0.15) is 0 Å². The summed E-state index contributed by atoms with van der Waals surface area (Å²) >= 11 is 0. The molecule has 32 heavy (non-hydrogen) atoms. The SMILES string of the molecule is Cc1nnc(CN=C(NCC2CN3CCN2CC3)NC2CCOc3ccccc32)n1C.I. The number of para-hydroxylation sites is 1. The van der Waals surface area contributed by atoms with E-state index in [1.165, 1.54) is 18.7 Å². The maximum Gasteiger partial charge on any atom is 0.192 e. The van der Waals surface area contributed by atoms with Crippen molar-refractivity contribution in [2.45, 2.75) is 32.0 Å². The van der Waals surface area contributed by atoms with E-state index in [2.05, 4.69) is 42.8 Å². The molecule has 174 valence electrons. The van der Waals surface area contributed by atoms with Crippen molar-refractivity contribution in [2.75, 3.05) is 45.9 Å². The van der Waals surface area contributed by atoms with E-state index < -0.39 is 0 Å². The number of ether oxygens (including phenoxy) is 1. The van der Waals surface area contributed by atoms with Gasteiger partial charge in [-0.05, 0) is 13.0 Å². The number of rotatable bonds is 5. The Hall–Kier alpha value is -1.92. The zero-order valence-electron chi connectivity index (χ0n) is 18.8. The highest BCUT2D eigenvalue weighted by Crippen LogP contribution is 2.31. The molecule has 0 spiro atoms. The van der Waals surface area contributed by atoms with Gasteiger partial charge >= 0.3 is 0 Å². The van der Waals surface area contributed by atoms with Crippen molar-refractivity contribution in [1.29, 1.82) is 0 Å². The summed E-state index contributed by atoms with van der Waals surface area (Å²) < 4.78 is 7.83. The number of aryl methyl sites for hydroxylation is 1. The molecule has 2 unspecified atom stereocenters. The lowest BCUT2D eigenvalue weighted by molar-refractivity contribution is 0.0154. The predicted octanol–water partition coefficient (Wildman–Crippen LogP) is 1.30. The van der Waals surface area contributed by atoms with Crippen LogP contribution in [0.5, 0.6) is 5.75 Å². The number of guanidine groups is 1. The summed E-state index contributed by atoms with van der Waals surface area (Å²) in [6.45, 7) is 9.87. The molecule has 9 nitrogen and oxygen atoms in total. The summed E-state index contributed by atoms with van der Waals surface area (Å²) in [4.78, 5) is 10.0. The van der Waals surface area contributed by atoms with Crippen molar-refractivity contribution in [3.05, 3.63) is 41.5 Å². The number of benzene rings is 1. The Morgan fingerprint density at radius 2 is 2.00 bits per heavy atom. The van der Waals surface area contributed by atoms with E-state index in [1.54, 1.807) is 0 Å². The van der Waals surface area contributed by atoms with E-state index in [0.29, 0.717) is 19.2 Å². The predicted molar refractivity (Wildman–Crippen MR) is 135 cm³/mol. The molecule has 3 saturated heterocycles. The molecule has 0 amide bonds. The molecule has 0 saturated carbocycles. The molecule has 2 bridgehead atoms. The van der Waals surface area contributed by atoms with Gasteiger partial charge in [-0.15, -0.1) is 34.2 Å². The maximum atomic E-state index is 5.84. The summed E-state index contributed by atoms with van der Waals surface area (Å²) in [5, 5.41) is 15.7. The van der Waals surface area contributed by atoms with Crippen LogP contribution in [0.3, 0.4) is 0 Å². The zero-order valence-corrected chi connectivity index (χ0v) is 21.2. The van der Waals surface area contributed by atoms with Crippen LogP contribution in [0.2, 0.25) is 0 Å². The summed E-state index contributed by atoms with van der Waals surface area (Å²) in [7, 11) is 1.98. The fourth-order valence-corrected chi connectivity index (χ4v) is 4.68. The van der Waals surface area contributed by atoms with E-state index in [9.17, 15) is 0 Å². The molecule has 2 aromatic rings. The largest absolute Gasteiger partial charge is 0.493 e. The molecule has 5 heterocycles. The lowest BCUT2D eigenvalue weighted by atomic mass is 10.0. The van der Waals surface area contributed by atoms with E-state index in [4.69, 9.17) is 9.73 Å². The van der Waals surface area contributed by atoms with E-state index in [0.717, 1.165) is 56.0 Å². The quantitative estimate of drug-likeness (QED) is 0.329. The van der Waals surface area contributed by atoms with Crippen molar-refractivity contribution in [3.8, 4) is 5.75 Å². The molecular formula is C22H33IN8O. The number of piperazine rings is 3. The first kappa shape index (κ1) is 23.2. The van der Waals surface area contributed by atoms with Crippen molar-refractivity contribution < 1.29 is 4.74 Å².